The van der Waals surface area contributed by atoms with Crippen molar-refractivity contribution < 1.29 is 18.0 Å². The Hall–Kier alpha value is -1.41. The number of halogens is 4. The molecule has 1 aromatic carbocycles. The Kier molecular flexibility index (Phi) is 4.44. The molecule has 0 aliphatic rings. The van der Waals surface area contributed by atoms with Crippen LogP contribution < -0.4 is 5.32 Å². The second-order valence-electron chi connectivity index (χ2n) is 3.83. The van der Waals surface area contributed by atoms with Crippen LogP contribution in [0.2, 0.25) is 0 Å². The molecule has 0 fully saturated rings. The zero-order valence-electron chi connectivity index (χ0n) is 9.87. The largest absolute Gasteiger partial charge is 0.418 e. The van der Waals surface area contributed by atoms with E-state index in [4.69, 9.17) is 0 Å². The van der Waals surface area contributed by atoms with Crippen LogP contribution in [0.4, 0.5) is 24.0 Å². The minimum Gasteiger partial charge on any atom is -0.331 e. The van der Waals surface area contributed by atoms with E-state index in [1.807, 2.05) is 0 Å². The van der Waals surface area contributed by atoms with E-state index in [2.05, 4.69) is 26.2 Å². The van der Waals surface area contributed by atoms with Gasteiger partial charge in [0.15, 0.2) is 5.13 Å². The average molecular weight is 365 g/mol. The summed E-state index contributed by atoms with van der Waals surface area (Å²) in [6.07, 6.45) is -3.63. The molecule has 3 nitrogen and oxygen atoms in total. The third-order valence-electron chi connectivity index (χ3n) is 2.37. The summed E-state index contributed by atoms with van der Waals surface area (Å²) in [6.45, 7) is 0. The molecule has 0 saturated heterocycles. The third kappa shape index (κ3) is 3.57. The van der Waals surface area contributed by atoms with Crippen LogP contribution in [0.15, 0.2) is 28.1 Å². The molecule has 1 N–H and O–H groups in total. The van der Waals surface area contributed by atoms with Crippen LogP contribution in [0.5, 0.6) is 0 Å². The molecule has 0 atom stereocenters. The molecule has 0 aliphatic heterocycles. The highest BCUT2D eigenvalue weighted by atomic mass is 79.9. The molecule has 0 saturated carbocycles. The van der Waals surface area contributed by atoms with E-state index in [0.717, 1.165) is 17.4 Å². The highest BCUT2D eigenvalue weighted by molar-refractivity contribution is 9.10. The minimum absolute atomic E-state index is 0.0762. The predicted molar refractivity (Wildman–Crippen MR) is 74.3 cm³/mol. The summed E-state index contributed by atoms with van der Waals surface area (Å²) >= 11 is 4.17. The highest BCUT2D eigenvalue weighted by Crippen LogP contribution is 2.38. The van der Waals surface area contributed by atoms with Gasteiger partial charge in [0.2, 0.25) is 0 Å². The van der Waals surface area contributed by atoms with Crippen molar-refractivity contribution in [2.75, 3.05) is 5.32 Å². The van der Waals surface area contributed by atoms with E-state index >= 15 is 0 Å². The lowest BCUT2D eigenvalue weighted by molar-refractivity contribution is -0.137. The van der Waals surface area contributed by atoms with E-state index in [-0.39, 0.29) is 12.1 Å². The van der Waals surface area contributed by atoms with Crippen LogP contribution in [-0.4, -0.2) is 11.3 Å². The lowest BCUT2D eigenvalue weighted by atomic mass is 10.1. The number of thiazole rings is 1. The molecule has 1 aromatic heterocycles. The molecular formula is C12H8BrF3N2OS. The molecular weight excluding hydrogens is 357 g/mol. The van der Waals surface area contributed by atoms with Gasteiger partial charge in [-0.25, -0.2) is 4.98 Å². The summed E-state index contributed by atoms with van der Waals surface area (Å²) in [5, 5.41) is 4.58. The first kappa shape index (κ1) is 15.0. The number of carbonyl (C=O) groups excluding carboxylic acids is 1. The fourth-order valence-electron chi connectivity index (χ4n) is 1.52. The lowest BCUT2D eigenvalue weighted by Gasteiger charge is -2.13. The number of anilines is 2. The van der Waals surface area contributed by atoms with Crippen LogP contribution in [0, 0.1) is 0 Å². The lowest BCUT2D eigenvalue weighted by Crippen LogP contribution is -2.08. The monoisotopic (exact) mass is 364 g/mol. The molecule has 20 heavy (non-hydrogen) atoms. The van der Waals surface area contributed by atoms with Gasteiger partial charge in [-0.1, -0.05) is 15.9 Å². The van der Waals surface area contributed by atoms with Crippen molar-refractivity contribution in [2.45, 2.75) is 12.6 Å². The maximum atomic E-state index is 12.9. The quantitative estimate of drug-likeness (QED) is 0.817. The Morgan fingerprint density at radius 3 is 2.80 bits per heavy atom. The van der Waals surface area contributed by atoms with Gasteiger partial charge in [-0.05, 0) is 18.2 Å². The summed E-state index contributed by atoms with van der Waals surface area (Å²) < 4.78 is 39.1. The zero-order chi connectivity index (χ0) is 14.8. The van der Waals surface area contributed by atoms with E-state index in [1.54, 1.807) is 5.38 Å². The van der Waals surface area contributed by atoms with Gasteiger partial charge in [-0.2, -0.15) is 13.2 Å². The topological polar surface area (TPSA) is 42.0 Å². The Bertz CT molecular complexity index is 627. The fourth-order valence-corrected chi connectivity index (χ4v) is 2.62. The number of carbonyl (C=O) groups is 1. The molecule has 1 heterocycles. The molecule has 0 unspecified atom stereocenters. The maximum Gasteiger partial charge on any atom is 0.418 e. The van der Waals surface area contributed by atoms with Gasteiger partial charge < -0.3 is 10.1 Å². The normalized spacial score (nSPS) is 11.4. The standard InChI is InChI=1S/C12H8BrF3N2OS/c13-7-1-2-10(9(5-7)12(14,15)16)18-11-17-8(3-4-19)6-20-11/h1-2,4-6H,3H2,(H,17,18). The van der Waals surface area contributed by atoms with Crippen LogP contribution in [0.3, 0.4) is 0 Å². The number of aldehydes is 1. The Morgan fingerprint density at radius 2 is 2.15 bits per heavy atom. The van der Waals surface area contributed by atoms with Crippen LogP contribution in [-0.2, 0) is 17.4 Å². The van der Waals surface area contributed by atoms with Crippen molar-refractivity contribution in [3.63, 3.8) is 0 Å². The fraction of sp³-hybridized carbons (Fsp3) is 0.167. The zero-order valence-corrected chi connectivity index (χ0v) is 12.3. The molecule has 0 radical (unpaired) electrons. The number of hydrogen-bond donors (Lipinski definition) is 1. The summed E-state index contributed by atoms with van der Waals surface area (Å²) in [4.78, 5) is 14.4. The molecule has 0 aliphatic carbocycles. The molecule has 0 bridgehead atoms. The SMILES string of the molecule is O=CCc1csc(Nc2ccc(Br)cc2C(F)(F)F)n1. The molecule has 2 aromatic rings. The predicted octanol–water partition coefficient (Wildman–Crippen LogP) is 4.41. The van der Waals surface area contributed by atoms with Crippen molar-refractivity contribution in [1.82, 2.24) is 4.98 Å². The number of aromatic nitrogens is 1. The first-order chi connectivity index (χ1) is 9.40. The van der Waals surface area contributed by atoms with Crippen LogP contribution in [0.1, 0.15) is 11.3 Å². The number of nitrogens with one attached hydrogen (secondary N) is 1. The second kappa shape index (κ2) is 5.92. The Balaban J connectivity index is 2.30. The summed E-state index contributed by atoms with van der Waals surface area (Å²) in [6, 6.07) is 3.84. The minimum atomic E-state index is -4.46. The molecule has 0 spiro atoms. The van der Waals surface area contributed by atoms with Crippen molar-refractivity contribution in [3.05, 3.63) is 39.3 Å². The Morgan fingerprint density at radius 1 is 1.40 bits per heavy atom. The average Bonchev–Trinajstić information content (AvgIpc) is 2.78. The number of nitrogens with zero attached hydrogens (tertiary/aromatic N) is 1. The number of benzene rings is 1. The highest BCUT2D eigenvalue weighted by Gasteiger charge is 2.33. The van der Waals surface area contributed by atoms with E-state index in [0.29, 0.717) is 21.6 Å². The second-order valence-corrected chi connectivity index (χ2v) is 5.60. The maximum absolute atomic E-state index is 12.9. The smallest absolute Gasteiger partial charge is 0.331 e. The van der Waals surface area contributed by atoms with Crippen molar-refractivity contribution in [2.24, 2.45) is 0 Å². The van der Waals surface area contributed by atoms with Gasteiger partial charge in [-0.15, -0.1) is 11.3 Å². The number of alkyl halides is 3. The number of hydrogen-bond acceptors (Lipinski definition) is 4. The summed E-state index contributed by atoms with van der Waals surface area (Å²) in [5.74, 6) is 0. The summed E-state index contributed by atoms with van der Waals surface area (Å²) in [5.41, 5.74) is -0.329. The van der Waals surface area contributed by atoms with Gasteiger partial charge in [0, 0.05) is 16.3 Å². The first-order valence-electron chi connectivity index (χ1n) is 5.42. The van der Waals surface area contributed by atoms with Gasteiger partial charge in [-0.3, -0.25) is 0 Å². The number of rotatable bonds is 4. The van der Waals surface area contributed by atoms with Crippen LogP contribution >= 0.6 is 27.3 Å². The van der Waals surface area contributed by atoms with E-state index in [9.17, 15) is 18.0 Å². The van der Waals surface area contributed by atoms with Crippen molar-refractivity contribution in [3.8, 4) is 0 Å². The summed E-state index contributed by atoms with van der Waals surface area (Å²) in [7, 11) is 0. The van der Waals surface area contributed by atoms with Crippen LogP contribution in [0.25, 0.3) is 0 Å². The van der Waals surface area contributed by atoms with Gasteiger partial charge in [0.25, 0.3) is 0 Å². The first-order valence-corrected chi connectivity index (χ1v) is 7.09. The van der Waals surface area contributed by atoms with Crippen molar-refractivity contribution >= 4 is 44.4 Å². The Labute approximate surface area is 125 Å². The van der Waals surface area contributed by atoms with E-state index < -0.39 is 11.7 Å². The van der Waals surface area contributed by atoms with E-state index in [1.165, 1.54) is 12.1 Å². The van der Waals surface area contributed by atoms with Gasteiger partial charge >= 0.3 is 6.18 Å². The molecule has 106 valence electrons. The molecule has 0 amide bonds. The van der Waals surface area contributed by atoms with Crippen molar-refractivity contribution in [1.29, 1.82) is 0 Å². The molecule has 2 rings (SSSR count). The third-order valence-corrected chi connectivity index (χ3v) is 3.67. The van der Waals surface area contributed by atoms with Gasteiger partial charge in [0.05, 0.1) is 16.9 Å². The van der Waals surface area contributed by atoms with Gasteiger partial charge in [0.1, 0.15) is 6.29 Å². The molecule has 8 heteroatoms.